The van der Waals surface area contributed by atoms with E-state index in [1.165, 1.54) is 22.7 Å². The predicted molar refractivity (Wildman–Crippen MR) is 119 cm³/mol. The van der Waals surface area contributed by atoms with Crippen molar-refractivity contribution in [1.29, 1.82) is 0 Å². The molecular weight excluding hydrogens is 418 g/mol. The molecule has 0 aliphatic carbocycles. The molecule has 0 aliphatic heterocycles. The Labute approximate surface area is 178 Å². The number of aromatic amines is 1. The summed E-state index contributed by atoms with van der Waals surface area (Å²) in [5.41, 5.74) is 2.78. The standard InChI is InChI=1S/C20H15N7OS2/c1-28-15-9-5-2-6-12(15)10-21-19-26-24-16(29-19)11-22-20-27-25-17-13-7-3-4-8-14(13)23-18(17)30-20/h2-10,23H,11H2,1H3/b21-10+,22-20?. The van der Waals surface area contributed by atoms with Gasteiger partial charge in [0, 0.05) is 22.7 Å². The van der Waals surface area contributed by atoms with Crippen LogP contribution in [0.2, 0.25) is 0 Å². The summed E-state index contributed by atoms with van der Waals surface area (Å²) in [7, 11) is 1.63. The van der Waals surface area contributed by atoms with Gasteiger partial charge in [0.05, 0.1) is 13.7 Å². The molecule has 0 bridgehead atoms. The van der Waals surface area contributed by atoms with E-state index in [-0.39, 0.29) is 0 Å². The van der Waals surface area contributed by atoms with Crippen LogP contribution in [0.5, 0.6) is 5.75 Å². The Morgan fingerprint density at radius 2 is 1.87 bits per heavy atom. The minimum absolute atomic E-state index is 0.374. The van der Waals surface area contributed by atoms with Gasteiger partial charge in [-0.05, 0) is 18.2 Å². The normalized spacial score (nSPS) is 12.4. The largest absolute Gasteiger partial charge is 0.496 e. The third-order valence-electron chi connectivity index (χ3n) is 4.33. The molecule has 1 N–H and O–H groups in total. The topological polar surface area (TPSA) is 101 Å². The van der Waals surface area contributed by atoms with Crippen LogP contribution < -0.4 is 9.54 Å². The monoisotopic (exact) mass is 433 g/mol. The van der Waals surface area contributed by atoms with Gasteiger partial charge in [-0.1, -0.05) is 53.0 Å². The van der Waals surface area contributed by atoms with Crippen molar-refractivity contribution < 1.29 is 4.74 Å². The molecule has 5 rings (SSSR count). The zero-order valence-corrected chi connectivity index (χ0v) is 17.4. The fraction of sp³-hybridized carbons (Fsp3) is 0.100. The maximum absolute atomic E-state index is 5.32. The minimum atomic E-state index is 0.374. The lowest BCUT2D eigenvalue weighted by Crippen LogP contribution is -2.05. The average molecular weight is 434 g/mol. The lowest BCUT2D eigenvalue weighted by Gasteiger charge is -2.01. The summed E-state index contributed by atoms with van der Waals surface area (Å²) in [6, 6.07) is 15.7. The van der Waals surface area contributed by atoms with Gasteiger partial charge in [0.15, 0.2) is 0 Å². The number of methoxy groups -OCH3 is 1. The summed E-state index contributed by atoms with van der Waals surface area (Å²) in [5, 5.41) is 19.2. The van der Waals surface area contributed by atoms with Crippen LogP contribution in [0.4, 0.5) is 5.13 Å². The van der Waals surface area contributed by atoms with Crippen LogP contribution in [0.15, 0.2) is 58.5 Å². The average Bonchev–Trinajstić information content (AvgIpc) is 3.40. The number of benzene rings is 2. The quantitative estimate of drug-likeness (QED) is 0.424. The molecule has 8 nitrogen and oxygen atoms in total. The number of aliphatic imine (C=N–C) groups is 1. The summed E-state index contributed by atoms with van der Waals surface area (Å²) in [4.78, 5) is 13.8. The highest BCUT2D eigenvalue weighted by Gasteiger charge is 2.07. The van der Waals surface area contributed by atoms with Crippen molar-refractivity contribution in [3.05, 3.63) is 63.9 Å². The van der Waals surface area contributed by atoms with Crippen molar-refractivity contribution in [2.24, 2.45) is 9.98 Å². The Kier molecular flexibility index (Phi) is 4.99. The molecule has 2 aromatic carbocycles. The number of ether oxygens (including phenoxy) is 1. The number of H-pyrrole nitrogens is 1. The maximum atomic E-state index is 5.32. The fourth-order valence-corrected chi connectivity index (χ4v) is 4.35. The molecule has 0 unspecified atom stereocenters. The molecule has 0 spiro atoms. The minimum Gasteiger partial charge on any atom is -0.496 e. The molecular formula is C20H15N7OS2. The van der Waals surface area contributed by atoms with E-state index in [1.54, 1.807) is 13.3 Å². The van der Waals surface area contributed by atoms with E-state index < -0.39 is 0 Å². The number of hydrogen-bond donors (Lipinski definition) is 1. The van der Waals surface area contributed by atoms with Gasteiger partial charge < -0.3 is 9.72 Å². The van der Waals surface area contributed by atoms with Gasteiger partial charge >= 0.3 is 0 Å². The number of nitrogens with one attached hydrogen (secondary N) is 1. The molecule has 0 atom stereocenters. The number of para-hydroxylation sites is 2. The van der Waals surface area contributed by atoms with Crippen molar-refractivity contribution in [2.45, 2.75) is 6.54 Å². The first-order chi connectivity index (χ1) is 14.8. The lowest BCUT2D eigenvalue weighted by atomic mass is 10.2. The Morgan fingerprint density at radius 1 is 1.00 bits per heavy atom. The molecule has 3 aromatic heterocycles. The lowest BCUT2D eigenvalue weighted by molar-refractivity contribution is 0.414. The zero-order chi connectivity index (χ0) is 20.3. The van der Waals surface area contributed by atoms with Gasteiger partial charge in [0.25, 0.3) is 0 Å². The summed E-state index contributed by atoms with van der Waals surface area (Å²) >= 11 is 2.85. The highest BCUT2D eigenvalue weighted by atomic mass is 32.1. The third kappa shape index (κ3) is 3.70. The molecule has 0 saturated carbocycles. The Morgan fingerprint density at radius 3 is 2.80 bits per heavy atom. The summed E-state index contributed by atoms with van der Waals surface area (Å²) < 4.78 is 5.32. The predicted octanol–water partition coefficient (Wildman–Crippen LogP) is 3.88. The van der Waals surface area contributed by atoms with Crippen LogP contribution in [0.3, 0.4) is 0 Å². The Hall–Kier alpha value is -3.50. The van der Waals surface area contributed by atoms with Crippen molar-refractivity contribution in [3.63, 3.8) is 0 Å². The van der Waals surface area contributed by atoms with Crippen LogP contribution in [-0.2, 0) is 6.54 Å². The van der Waals surface area contributed by atoms with Gasteiger partial charge in [-0.2, -0.15) is 0 Å². The molecule has 0 saturated heterocycles. The fourth-order valence-electron chi connectivity index (χ4n) is 2.94. The molecule has 10 heteroatoms. The zero-order valence-electron chi connectivity index (χ0n) is 15.8. The van der Waals surface area contributed by atoms with E-state index in [2.05, 4.69) is 35.4 Å². The van der Waals surface area contributed by atoms with E-state index in [0.717, 1.165) is 37.6 Å². The van der Waals surface area contributed by atoms with E-state index >= 15 is 0 Å². The maximum Gasteiger partial charge on any atom is 0.231 e. The van der Waals surface area contributed by atoms with Gasteiger partial charge in [0.2, 0.25) is 9.93 Å². The second-order valence-electron chi connectivity index (χ2n) is 6.23. The summed E-state index contributed by atoms with van der Waals surface area (Å²) in [5.74, 6) is 0.758. The first-order valence-corrected chi connectivity index (χ1v) is 10.7. The molecule has 148 valence electrons. The first-order valence-electron chi connectivity index (χ1n) is 9.04. The molecule has 0 aliphatic rings. The summed E-state index contributed by atoms with van der Waals surface area (Å²) in [6.45, 7) is 0.374. The van der Waals surface area contributed by atoms with E-state index in [0.29, 0.717) is 16.5 Å². The van der Waals surface area contributed by atoms with Gasteiger partial charge in [0.1, 0.15) is 21.1 Å². The van der Waals surface area contributed by atoms with Crippen LogP contribution in [-0.4, -0.2) is 38.7 Å². The van der Waals surface area contributed by atoms with Crippen molar-refractivity contribution in [3.8, 4) is 5.75 Å². The van der Waals surface area contributed by atoms with Gasteiger partial charge in [-0.15, -0.1) is 20.4 Å². The second-order valence-corrected chi connectivity index (χ2v) is 8.25. The van der Waals surface area contributed by atoms with Crippen molar-refractivity contribution in [1.82, 2.24) is 25.4 Å². The van der Waals surface area contributed by atoms with Gasteiger partial charge in [-0.3, -0.25) is 0 Å². The number of rotatable bonds is 5. The summed E-state index contributed by atoms with van der Waals surface area (Å²) in [6.07, 6.45) is 1.72. The van der Waals surface area contributed by atoms with Crippen LogP contribution >= 0.6 is 22.7 Å². The SMILES string of the molecule is COc1ccccc1/C=N/c1nnc(CN=c2nnc3c([nH]c4ccccc43)s2)s1. The molecule has 0 radical (unpaired) electrons. The smallest absolute Gasteiger partial charge is 0.231 e. The molecule has 0 fully saturated rings. The van der Waals surface area contributed by atoms with Crippen molar-refractivity contribution >= 4 is 55.3 Å². The van der Waals surface area contributed by atoms with Crippen LogP contribution in [0.1, 0.15) is 10.6 Å². The third-order valence-corrected chi connectivity index (χ3v) is 6.04. The van der Waals surface area contributed by atoms with E-state index in [9.17, 15) is 0 Å². The van der Waals surface area contributed by atoms with Crippen molar-refractivity contribution in [2.75, 3.05) is 7.11 Å². The van der Waals surface area contributed by atoms with Crippen LogP contribution in [0, 0.1) is 0 Å². The molecule has 3 heterocycles. The highest BCUT2D eigenvalue weighted by molar-refractivity contribution is 7.15. The van der Waals surface area contributed by atoms with E-state index in [1.807, 2.05) is 48.5 Å². The number of aromatic nitrogens is 5. The van der Waals surface area contributed by atoms with Crippen LogP contribution in [0.25, 0.3) is 21.3 Å². The molecule has 30 heavy (non-hydrogen) atoms. The Balaban J connectivity index is 1.35. The number of nitrogens with zero attached hydrogens (tertiary/aromatic N) is 6. The first kappa shape index (κ1) is 18.5. The highest BCUT2D eigenvalue weighted by Crippen LogP contribution is 2.24. The molecule has 0 amide bonds. The number of hydrogen-bond acceptors (Lipinski definition) is 9. The van der Waals surface area contributed by atoms with E-state index in [4.69, 9.17) is 4.74 Å². The second kappa shape index (κ2) is 8.09. The number of fused-ring (bicyclic) bond motifs is 3. The Bertz CT molecular complexity index is 1430. The van der Waals surface area contributed by atoms with Gasteiger partial charge in [-0.25, -0.2) is 9.98 Å². The molecule has 5 aromatic rings.